The number of ether oxygens (including phenoxy) is 2. The molecule has 0 aliphatic carbocycles. The maximum atomic E-state index is 5.39. The molecule has 0 saturated carbocycles. The van der Waals surface area contributed by atoms with Crippen LogP contribution in [0.2, 0.25) is 0 Å². The summed E-state index contributed by atoms with van der Waals surface area (Å²) in [7, 11) is 5.23. The van der Waals surface area contributed by atoms with Crippen molar-refractivity contribution in [2.45, 2.75) is 6.04 Å². The molecule has 2 rings (SSSR count). The third-order valence-corrected chi connectivity index (χ3v) is 3.92. The molecule has 1 unspecified atom stereocenters. The number of rotatable bonds is 5. The molecule has 0 aliphatic rings. The second kappa shape index (κ2) is 6.77. The minimum Gasteiger partial charge on any atom is -0.493 e. The van der Waals surface area contributed by atoms with Gasteiger partial charge in [-0.3, -0.25) is 0 Å². The van der Waals surface area contributed by atoms with E-state index in [1.165, 1.54) is 5.56 Å². The van der Waals surface area contributed by atoms with Crippen LogP contribution in [0.4, 0.5) is 0 Å². The van der Waals surface area contributed by atoms with E-state index in [1.54, 1.807) is 14.2 Å². The minimum absolute atomic E-state index is 0.0883. The van der Waals surface area contributed by atoms with E-state index in [4.69, 9.17) is 9.47 Å². The monoisotopic (exact) mass is 335 g/mol. The molecule has 0 aliphatic heterocycles. The van der Waals surface area contributed by atoms with Crippen LogP contribution in [-0.4, -0.2) is 21.3 Å². The minimum atomic E-state index is 0.0883. The van der Waals surface area contributed by atoms with Crippen LogP contribution in [0.15, 0.2) is 46.9 Å². The summed E-state index contributed by atoms with van der Waals surface area (Å²) in [5.74, 6) is 1.44. The summed E-state index contributed by atoms with van der Waals surface area (Å²) in [6.45, 7) is 0. The van der Waals surface area contributed by atoms with E-state index >= 15 is 0 Å². The van der Waals surface area contributed by atoms with Crippen LogP contribution in [0.1, 0.15) is 17.2 Å². The van der Waals surface area contributed by atoms with Crippen molar-refractivity contribution < 1.29 is 9.47 Å². The Bertz CT molecular complexity index is 572. The lowest BCUT2D eigenvalue weighted by Gasteiger charge is -2.20. The number of benzene rings is 2. The van der Waals surface area contributed by atoms with Crippen molar-refractivity contribution in [1.82, 2.24) is 5.32 Å². The summed E-state index contributed by atoms with van der Waals surface area (Å²) in [4.78, 5) is 0. The van der Waals surface area contributed by atoms with Crippen LogP contribution in [0.25, 0.3) is 0 Å². The molecule has 4 heteroatoms. The van der Waals surface area contributed by atoms with Gasteiger partial charge in [0.05, 0.1) is 20.3 Å². The Morgan fingerprint density at radius 1 is 1.00 bits per heavy atom. The molecule has 106 valence electrons. The van der Waals surface area contributed by atoms with Crippen molar-refractivity contribution in [2.75, 3.05) is 21.3 Å². The third-order valence-electron chi connectivity index (χ3n) is 3.24. The highest BCUT2D eigenvalue weighted by molar-refractivity contribution is 9.10. The quantitative estimate of drug-likeness (QED) is 0.902. The first-order valence-electron chi connectivity index (χ1n) is 6.35. The maximum absolute atomic E-state index is 5.39. The molecule has 1 N–H and O–H groups in total. The molecule has 20 heavy (non-hydrogen) atoms. The normalized spacial score (nSPS) is 12.0. The van der Waals surface area contributed by atoms with Gasteiger partial charge in [-0.25, -0.2) is 0 Å². The predicted molar refractivity (Wildman–Crippen MR) is 84.6 cm³/mol. The van der Waals surface area contributed by atoms with Crippen LogP contribution < -0.4 is 14.8 Å². The van der Waals surface area contributed by atoms with Gasteiger partial charge in [0.25, 0.3) is 0 Å². The number of hydrogen-bond donors (Lipinski definition) is 1. The summed E-state index contributed by atoms with van der Waals surface area (Å²) < 4.78 is 11.7. The molecule has 0 fully saturated rings. The molecule has 3 nitrogen and oxygen atoms in total. The molecule has 2 aromatic carbocycles. The summed E-state index contributed by atoms with van der Waals surface area (Å²) in [6, 6.07) is 14.3. The summed E-state index contributed by atoms with van der Waals surface area (Å²) in [6.07, 6.45) is 0. The van der Waals surface area contributed by atoms with Crippen LogP contribution in [-0.2, 0) is 0 Å². The fourth-order valence-corrected chi connectivity index (χ4v) is 2.79. The van der Waals surface area contributed by atoms with Crippen molar-refractivity contribution in [3.05, 3.63) is 58.1 Å². The van der Waals surface area contributed by atoms with E-state index in [0.29, 0.717) is 5.75 Å². The Kier molecular flexibility index (Phi) is 5.04. The number of nitrogens with one attached hydrogen (secondary N) is 1. The lowest BCUT2D eigenvalue weighted by Crippen LogP contribution is -2.18. The molecule has 2 aromatic rings. The second-order valence-corrected chi connectivity index (χ2v) is 5.22. The molecule has 0 saturated heterocycles. The van der Waals surface area contributed by atoms with Gasteiger partial charge in [0.15, 0.2) is 11.5 Å². The highest BCUT2D eigenvalue weighted by Crippen LogP contribution is 2.37. The van der Waals surface area contributed by atoms with E-state index in [1.807, 2.05) is 37.4 Å². The molecule has 0 spiro atoms. The van der Waals surface area contributed by atoms with Gasteiger partial charge < -0.3 is 14.8 Å². The molecule has 0 aromatic heterocycles. The van der Waals surface area contributed by atoms with E-state index in [9.17, 15) is 0 Å². The lowest BCUT2D eigenvalue weighted by atomic mass is 9.98. The van der Waals surface area contributed by atoms with Gasteiger partial charge in [0, 0.05) is 4.47 Å². The highest BCUT2D eigenvalue weighted by Gasteiger charge is 2.18. The van der Waals surface area contributed by atoms with E-state index in [-0.39, 0.29) is 6.04 Å². The first-order valence-corrected chi connectivity index (χ1v) is 7.14. The maximum Gasteiger partial charge on any atom is 0.161 e. The Labute approximate surface area is 128 Å². The van der Waals surface area contributed by atoms with Gasteiger partial charge in [-0.15, -0.1) is 0 Å². The predicted octanol–water partition coefficient (Wildman–Crippen LogP) is 3.78. The lowest BCUT2D eigenvalue weighted by molar-refractivity contribution is 0.354. The van der Waals surface area contributed by atoms with Gasteiger partial charge in [0.2, 0.25) is 0 Å². The summed E-state index contributed by atoms with van der Waals surface area (Å²) in [5, 5.41) is 3.34. The van der Waals surface area contributed by atoms with Crippen molar-refractivity contribution in [2.24, 2.45) is 0 Å². The Morgan fingerprint density at radius 2 is 1.60 bits per heavy atom. The Balaban J connectivity index is 2.50. The van der Waals surface area contributed by atoms with Crippen LogP contribution in [0.5, 0.6) is 11.5 Å². The van der Waals surface area contributed by atoms with Crippen molar-refractivity contribution in [3.63, 3.8) is 0 Å². The van der Waals surface area contributed by atoms with Crippen molar-refractivity contribution >= 4 is 15.9 Å². The summed E-state index contributed by atoms with van der Waals surface area (Å²) in [5.41, 5.74) is 2.30. The van der Waals surface area contributed by atoms with Crippen molar-refractivity contribution in [3.8, 4) is 11.5 Å². The first-order chi connectivity index (χ1) is 9.71. The van der Waals surface area contributed by atoms with Crippen LogP contribution in [0, 0.1) is 0 Å². The van der Waals surface area contributed by atoms with Crippen LogP contribution >= 0.6 is 15.9 Å². The molecule has 0 bridgehead atoms. The molecule has 0 amide bonds. The SMILES string of the molecule is CNC(c1ccccc1)c1cc(OC)c(OC)cc1Br. The van der Waals surface area contributed by atoms with Gasteiger partial charge >= 0.3 is 0 Å². The average Bonchev–Trinajstić information content (AvgIpc) is 2.50. The fraction of sp³-hybridized carbons (Fsp3) is 0.250. The standard InChI is InChI=1S/C16H18BrNO2/c1-18-16(11-7-5-4-6-8-11)12-9-14(19-2)15(20-3)10-13(12)17/h4-10,16,18H,1-3H3. The highest BCUT2D eigenvalue weighted by atomic mass is 79.9. The van der Waals surface area contributed by atoms with E-state index < -0.39 is 0 Å². The fourth-order valence-electron chi connectivity index (χ4n) is 2.24. The zero-order valence-corrected chi connectivity index (χ0v) is 13.4. The van der Waals surface area contributed by atoms with Gasteiger partial charge in [-0.05, 0) is 30.3 Å². The first kappa shape index (κ1) is 14.9. The Hall–Kier alpha value is -1.52. The zero-order valence-electron chi connectivity index (χ0n) is 11.8. The number of hydrogen-bond acceptors (Lipinski definition) is 3. The number of halogens is 1. The molecule has 1 atom stereocenters. The second-order valence-electron chi connectivity index (χ2n) is 4.36. The number of methoxy groups -OCH3 is 2. The Morgan fingerprint density at radius 3 is 2.15 bits per heavy atom. The molecular formula is C16H18BrNO2. The van der Waals surface area contributed by atoms with E-state index in [0.717, 1.165) is 15.8 Å². The smallest absolute Gasteiger partial charge is 0.161 e. The van der Waals surface area contributed by atoms with Gasteiger partial charge in [0.1, 0.15) is 0 Å². The molecular weight excluding hydrogens is 318 g/mol. The summed E-state index contributed by atoms with van der Waals surface area (Å²) >= 11 is 3.61. The average molecular weight is 336 g/mol. The van der Waals surface area contributed by atoms with Crippen LogP contribution in [0.3, 0.4) is 0 Å². The van der Waals surface area contributed by atoms with Gasteiger partial charge in [-0.2, -0.15) is 0 Å². The molecule has 0 radical (unpaired) electrons. The van der Waals surface area contributed by atoms with Gasteiger partial charge in [-0.1, -0.05) is 46.3 Å². The molecule has 0 heterocycles. The largest absolute Gasteiger partial charge is 0.493 e. The van der Waals surface area contributed by atoms with Crippen molar-refractivity contribution in [1.29, 1.82) is 0 Å². The zero-order chi connectivity index (χ0) is 14.5. The third kappa shape index (κ3) is 2.97. The van der Waals surface area contributed by atoms with E-state index in [2.05, 4.69) is 33.4 Å². The topological polar surface area (TPSA) is 30.5 Å².